The van der Waals surface area contributed by atoms with Crippen LogP contribution in [0.5, 0.6) is 0 Å². The van der Waals surface area contributed by atoms with Gasteiger partial charge in [-0.05, 0) is 30.2 Å². The maximum atomic E-state index is 12.6. The number of nitrogens with one attached hydrogen (secondary N) is 1. The number of hydrogen-bond donors (Lipinski definition) is 1. The molecule has 0 aliphatic carbocycles. The Morgan fingerprint density at radius 1 is 1.35 bits per heavy atom. The Morgan fingerprint density at radius 3 is 2.59 bits per heavy atom. The summed E-state index contributed by atoms with van der Waals surface area (Å²) < 4.78 is 12.6. The molecule has 0 aromatic heterocycles. The summed E-state index contributed by atoms with van der Waals surface area (Å²) in [6.07, 6.45) is 0.495. The van der Waals surface area contributed by atoms with E-state index in [1.807, 2.05) is 0 Å². The Kier molecular flexibility index (Phi) is 6.05. The molecule has 1 aromatic rings. The maximum absolute atomic E-state index is 12.6. The van der Waals surface area contributed by atoms with Crippen LogP contribution < -0.4 is 5.32 Å². The Morgan fingerprint density at radius 2 is 2.00 bits per heavy atom. The van der Waals surface area contributed by atoms with Crippen molar-refractivity contribution in [2.45, 2.75) is 25.2 Å². The minimum atomic E-state index is -0.232. The molecule has 0 heterocycles. The molecule has 1 rings (SSSR count). The lowest BCUT2D eigenvalue weighted by atomic mass is 10.2. The first-order valence-electron chi connectivity index (χ1n) is 5.73. The van der Waals surface area contributed by atoms with Crippen molar-refractivity contribution in [2.24, 2.45) is 5.92 Å². The SMILES string of the molecule is CC(C)CNC(=O)CCSc1ccc(F)cc1. The van der Waals surface area contributed by atoms with Crippen LogP contribution in [0.4, 0.5) is 4.39 Å². The van der Waals surface area contributed by atoms with Crippen LogP contribution in [-0.4, -0.2) is 18.2 Å². The van der Waals surface area contributed by atoms with Crippen molar-refractivity contribution >= 4 is 17.7 Å². The van der Waals surface area contributed by atoms with Crippen molar-refractivity contribution in [3.63, 3.8) is 0 Å². The van der Waals surface area contributed by atoms with Gasteiger partial charge in [0.1, 0.15) is 5.82 Å². The summed E-state index contributed by atoms with van der Waals surface area (Å²) >= 11 is 1.56. The lowest BCUT2D eigenvalue weighted by Crippen LogP contribution is -2.27. The fraction of sp³-hybridized carbons (Fsp3) is 0.462. The summed E-state index contributed by atoms with van der Waals surface area (Å²) in [5, 5.41) is 2.87. The van der Waals surface area contributed by atoms with Gasteiger partial charge < -0.3 is 5.32 Å². The van der Waals surface area contributed by atoms with Crippen LogP contribution >= 0.6 is 11.8 Å². The van der Waals surface area contributed by atoms with Crippen molar-refractivity contribution in [1.29, 1.82) is 0 Å². The highest BCUT2D eigenvalue weighted by Gasteiger charge is 2.02. The van der Waals surface area contributed by atoms with Gasteiger partial charge in [-0.15, -0.1) is 11.8 Å². The maximum Gasteiger partial charge on any atom is 0.220 e. The number of halogens is 1. The molecule has 94 valence electrons. The van der Waals surface area contributed by atoms with Gasteiger partial charge in [0.25, 0.3) is 0 Å². The van der Waals surface area contributed by atoms with Crippen LogP contribution in [0.1, 0.15) is 20.3 Å². The topological polar surface area (TPSA) is 29.1 Å². The summed E-state index contributed by atoms with van der Waals surface area (Å²) in [5.41, 5.74) is 0. The fourth-order valence-corrected chi connectivity index (χ4v) is 2.05. The van der Waals surface area contributed by atoms with Gasteiger partial charge >= 0.3 is 0 Å². The van der Waals surface area contributed by atoms with Crippen LogP contribution in [0, 0.1) is 11.7 Å². The van der Waals surface area contributed by atoms with Crippen molar-refractivity contribution < 1.29 is 9.18 Å². The normalized spacial score (nSPS) is 10.6. The molecule has 17 heavy (non-hydrogen) atoms. The first kappa shape index (κ1) is 14.0. The second-order valence-corrected chi connectivity index (χ2v) is 5.42. The van der Waals surface area contributed by atoms with Crippen LogP contribution in [0.25, 0.3) is 0 Å². The van der Waals surface area contributed by atoms with E-state index in [1.54, 1.807) is 23.9 Å². The van der Waals surface area contributed by atoms with Gasteiger partial charge in [-0.3, -0.25) is 4.79 Å². The largest absolute Gasteiger partial charge is 0.356 e. The third kappa shape index (κ3) is 6.31. The molecule has 0 fully saturated rings. The van der Waals surface area contributed by atoms with E-state index in [0.717, 1.165) is 17.2 Å². The zero-order valence-electron chi connectivity index (χ0n) is 10.2. The second kappa shape index (κ2) is 7.33. The molecule has 1 N–H and O–H groups in total. The number of hydrogen-bond acceptors (Lipinski definition) is 2. The summed E-state index contributed by atoms with van der Waals surface area (Å²) in [5.74, 6) is 1.04. The minimum absolute atomic E-state index is 0.0771. The van der Waals surface area contributed by atoms with E-state index >= 15 is 0 Å². The van der Waals surface area contributed by atoms with Crippen molar-refractivity contribution in [3.05, 3.63) is 30.1 Å². The smallest absolute Gasteiger partial charge is 0.220 e. The van der Waals surface area contributed by atoms with Crippen LogP contribution in [0.2, 0.25) is 0 Å². The Labute approximate surface area is 106 Å². The predicted octanol–water partition coefficient (Wildman–Crippen LogP) is 3.08. The van der Waals surface area contributed by atoms with Gasteiger partial charge in [0.15, 0.2) is 0 Å². The number of thioether (sulfide) groups is 1. The molecule has 2 nitrogen and oxygen atoms in total. The van der Waals surface area contributed by atoms with Gasteiger partial charge in [-0.2, -0.15) is 0 Å². The summed E-state index contributed by atoms with van der Waals surface area (Å²) in [4.78, 5) is 12.4. The molecule has 0 spiro atoms. The Bertz CT molecular complexity index is 351. The van der Waals surface area contributed by atoms with E-state index in [2.05, 4.69) is 19.2 Å². The third-order valence-corrected chi connectivity index (χ3v) is 3.13. The molecular weight excluding hydrogens is 237 g/mol. The molecule has 0 aliphatic rings. The average molecular weight is 255 g/mol. The summed E-state index contributed by atoms with van der Waals surface area (Å²) in [6, 6.07) is 6.32. The highest BCUT2D eigenvalue weighted by atomic mass is 32.2. The van der Waals surface area contributed by atoms with Crippen LogP contribution in [0.3, 0.4) is 0 Å². The Balaban J connectivity index is 2.19. The zero-order chi connectivity index (χ0) is 12.7. The van der Waals surface area contributed by atoms with Crippen molar-refractivity contribution in [1.82, 2.24) is 5.32 Å². The number of amides is 1. The van der Waals surface area contributed by atoms with E-state index in [9.17, 15) is 9.18 Å². The monoisotopic (exact) mass is 255 g/mol. The van der Waals surface area contributed by atoms with E-state index in [0.29, 0.717) is 12.3 Å². The molecule has 0 bridgehead atoms. The average Bonchev–Trinajstić information content (AvgIpc) is 2.29. The number of carbonyl (C=O) groups is 1. The molecule has 0 radical (unpaired) electrons. The zero-order valence-corrected chi connectivity index (χ0v) is 11.0. The Hall–Kier alpha value is -1.03. The molecular formula is C13H18FNOS. The van der Waals surface area contributed by atoms with Crippen LogP contribution in [-0.2, 0) is 4.79 Å². The lowest BCUT2D eigenvalue weighted by Gasteiger charge is -2.07. The van der Waals surface area contributed by atoms with Crippen molar-refractivity contribution in [2.75, 3.05) is 12.3 Å². The van der Waals surface area contributed by atoms with Gasteiger partial charge in [-0.1, -0.05) is 13.8 Å². The van der Waals surface area contributed by atoms with Gasteiger partial charge in [0.2, 0.25) is 5.91 Å². The molecule has 0 saturated heterocycles. The van der Waals surface area contributed by atoms with Gasteiger partial charge in [0, 0.05) is 23.6 Å². The molecule has 1 aromatic carbocycles. The fourth-order valence-electron chi connectivity index (χ4n) is 1.20. The molecule has 0 atom stereocenters. The number of carbonyl (C=O) groups excluding carboxylic acids is 1. The number of benzene rings is 1. The van der Waals surface area contributed by atoms with Crippen LogP contribution in [0.15, 0.2) is 29.2 Å². The molecule has 4 heteroatoms. The molecule has 0 unspecified atom stereocenters. The first-order valence-corrected chi connectivity index (χ1v) is 6.71. The summed E-state index contributed by atoms with van der Waals surface area (Å²) in [6.45, 7) is 4.85. The molecule has 0 aliphatic heterocycles. The third-order valence-electron chi connectivity index (χ3n) is 2.12. The van der Waals surface area contributed by atoms with E-state index in [-0.39, 0.29) is 11.7 Å². The lowest BCUT2D eigenvalue weighted by molar-refractivity contribution is -0.120. The molecule has 0 saturated carbocycles. The van der Waals surface area contributed by atoms with E-state index in [1.165, 1.54) is 12.1 Å². The number of rotatable bonds is 6. The van der Waals surface area contributed by atoms with E-state index in [4.69, 9.17) is 0 Å². The summed E-state index contributed by atoms with van der Waals surface area (Å²) in [7, 11) is 0. The van der Waals surface area contributed by atoms with Gasteiger partial charge in [0.05, 0.1) is 0 Å². The first-order chi connectivity index (χ1) is 8.08. The van der Waals surface area contributed by atoms with E-state index < -0.39 is 0 Å². The predicted molar refractivity (Wildman–Crippen MR) is 69.6 cm³/mol. The van der Waals surface area contributed by atoms with Gasteiger partial charge in [-0.25, -0.2) is 4.39 Å². The van der Waals surface area contributed by atoms with Crippen molar-refractivity contribution in [3.8, 4) is 0 Å². The second-order valence-electron chi connectivity index (χ2n) is 4.25. The highest BCUT2D eigenvalue weighted by molar-refractivity contribution is 7.99. The highest BCUT2D eigenvalue weighted by Crippen LogP contribution is 2.18. The molecule has 1 amide bonds. The standard InChI is InChI=1S/C13H18FNOS/c1-10(2)9-15-13(16)7-8-17-12-5-3-11(14)4-6-12/h3-6,10H,7-9H2,1-2H3,(H,15,16). The minimum Gasteiger partial charge on any atom is -0.356 e. The quantitative estimate of drug-likeness (QED) is 0.791.